The molecule has 2 fully saturated rings. The first kappa shape index (κ1) is 12.0. The van der Waals surface area contributed by atoms with E-state index in [4.69, 9.17) is 9.47 Å². The molecule has 92 valence electrons. The van der Waals surface area contributed by atoms with Crippen LogP contribution in [0.3, 0.4) is 0 Å². The van der Waals surface area contributed by atoms with E-state index in [-0.39, 0.29) is 5.60 Å². The Kier molecular flexibility index (Phi) is 4.28. The van der Waals surface area contributed by atoms with E-state index in [0.717, 1.165) is 19.6 Å². The van der Waals surface area contributed by atoms with Crippen molar-refractivity contribution in [3.8, 4) is 0 Å². The smallest absolute Gasteiger partial charge is 0.116 e. The van der Waals surface area contributed by atoms with Gasteiger partial charge in [-0.3, -0.25) is 0 Å². The number of hydrogen-bond acceptors (Lipinski definition) is 2. The Morgan fingerprint density at radius 3 is 2.81 bits per heavy atom. The van der Waals surface area contributed by atoms with Crippen LogP contribution in [-0.4, -0.2) is 18.8 Å². The van der Waals surface area contributed by atoms with Gasteiger partial charge in [-0.1, -0.05) is 12.8 Å². The summed E-state index contributed by atoms with van der Waals surface area (Å²) in [4.78, 5) is 0. The second-order valence-electron chi connectivity index (χ2n) is 5.40. The van der Waals surface area contributed by atoms with E-state index in [1.807, 2.05) is 6.26 Å². The molecule has 1 saturated heterocycles. The van der Waals surface area contributed by atoms with Crippen molar-refractivity contribution in [2.24, 2.45) is 0 Å². The summed E-state index contributed by atoms with van der Waals surface area (Å²) in [5.74, 6) is 0. The second-order valence-corrected chi connectivity index (χ2v) is 5.40. The van der Waals surface area contributed by atoms with Crippen LogP contribution in [-0.2, 0) is 9.47 Å². The van der Waals surface area contributed by atoms with Crippen molar-refractivity contribution >= 4 is 0 Å². The number of hydrogen-bond donors (Lipinski definition) is 0. The predicted molar refractivity (Wildman–Crippen MR) is 65.3 cm³/mol. The highest BCUT2D eigenvalue weighted by Gasteiger charge is 2.27. The number of ether oxygens (including phenoxy) is 2. The average Bonchev–Trinajstić information content (AvgIpc) is 2.68. The molecule has 2 rings (SSSR count). The Bertz CT molecular complexity index is 229. The minimum atomic E-state index is -0.0494. The Balaban J connectivity index is 1.76. The van der Waals surface area contributed by atoms with E-state index in [1.165, 1.54) is 50.5 Å². The SMILES string of the molecule is CC1(COC=C2CCCC2)CCCCCO1. The summed E-state index contributed by atoms with van der Waals surface area (Å²) < 4.78 is 11.6. The van der Waals surface area contributed by atoms with Crippen molar-refractivity contribution in [1.82, 2.24) is 0 Å². The normalized spacial score (nSPS) is 31.2. The minimum Gasteiger partial charge on any atom is -0.498 e. The molecule has 0 bridgehead atoms. The lowest BCUT2D eigenvalue weighted by atomic mass is 10.0. The van der Waals surface area contributed by atoms with Gasteiger partial charge in [0, 0.05) is 6.61 Å². The molecular formula is C14H24O2. The molecule has 0 aromatic heterocycles. The summed E-state index contributed by atoms with van der Waals surface area (Å²) in [7, 11) is 0. The van der Waals surface area contributed by atoms with Crippen LogP contribution in [0.5, 0.6) is 0 Å². The van der Waals surface area contributed by atoms with Crippen molar-refractivity contribution in [2.45, 2.75) is 63.9 Å². The maximum absolute atomic E-state index is 5.90. The molecule has 1 aliphatic carbocycles. The van der Waals surface area contributed by atoms with Gasteiger partial charge in [-0.25, -0.2) is 0 Å². The van der Waals surface area contributed by atoms with Gasteiger partial charge in [0.15, 0.2) is 0 Å². The van der Waals surface area contributed by atoms with Crippen molar-refractivity contribution in [1.29, 1.82) is 0 Å². The van der Waals surface area contributed by atoms with Crippen LogP contribution < -0.4 is 0 Å². The molecule has 0 spiro atoms. The Labute approximate surface area is 99.0 Å². The third-order valence-electron chi connectivity index (χ3n) is 3.68. The molecule has 1 atom stereocenters. The van der Waals surface area contributed by atoms with Gasteiger partial charge in [0.2, 0.25) is 0 Å². The quantitative estimate of drug-likeness (QED) is 0.679. The van der Waals surface area contributed by atoms with Gasteiger partial charge in [0.05, 0.1) is 11.9 Å². The topological polar surface area (TPSA) is 18.5 Å². The lowest BCUT2D eigenvalue weighted by Gasteiger charge is -2.27. The van der Waals surface area contributed by atoms with Crippen LogP contribution in [0, 0.1) is 0 Å². The molecule has 0 aromatic carbocycles. The molecule has 0 aromatic rings. The number of allylic oxidation sites excluding steroid dienone is 1. The van der Waals surface area contributed by atoms with Crippen LogP contribution in [0.2, 0.25) is 0 Å². The zero-order valence-corrected chi connectivity index (χ0v) is 10.5. The first-order valence-electron chi connectivity index (χ1n) is 6.72. The van der Waals surface area contributed by atoms with Gasteiger partial charge in [-0.2, -0.15) is 0 Å². The summed E-state index contributed by atoms with van der Waals surface area (Å²) in [5, 5.41) is 0. The molecule has 2 aliphatic rings. The lowest BCUT2D eigenvalue weighted by molar-refractivity contribution is -0.0671. The molecule has 16 heavy (non-hydrogen) atoms. The van der Waals surface area contributed by atoms with Gasteiger partial charge in [-0.05, 0) is 51.0 Å². The van der Waals surface area contributed by atoms with Crippen molar-refractivity contribution in [2.75, 3.05) is 13.2 Å². The molecule has 2 heteroatoms. The van der Waals surface area contributed by atoms with Crippen LogP contribution >= 0.6 is 0 Å². The molecule has 1 unspecified atom stereocenters. The van der Waals surface area contributed by atoms with Crippen LogP contribution in [0.4, 0.5) is 0 Å². The van der Waals surface area contributed by atoms with Crippen LogP contribution in [0.1, 0.15) is 58.3 Å². The van der Waals surface area contributed by atoms with Crippen LogP contribution in [0.25, 0.3) is 0 Å². The van der Waals surface area contributed by atoms with E-state index in [2.05, 4.69) is 6.92 Å². The fraction of sp³-hybridized carbons (Fsp3) is 0.857. The van der Waals surface area contributed by atoms with E-state index in [1.54, 1.807) is 0 Å². The Morgan fingerprint density at radius 2 is 2.00 bits per heavy atom. The summed E-state index contributed by atoms with van der Waals surface area (Å²) in [6.07, 6.45) is 12.0. The first-order chi connectivity index (χ1) is 7.79. The monoisotopic (exact) mass is 224 g/mol. The fourth-order valence-corrected chi connectivity index (χ4v) is 2.57. The van der Waals surface area contributed by atoms with Gasteiger partial charge in [0.25, 0.3) is 0 Å². The minimum absolute atomic E-state index is 0.0494. The van der Waals surface area contributed by atoms with Crippen molar-refractivity contribution in [3.63, 3.8) is 0 Å². The van der Waals surface area contributed by atoms with E-state index in [0.29, 0.717) is 0 Å². The highest BCUT2D eigenvalue weighted by Crippen LogP contribution is 2.26. The highest BCUT2D eigenvalue weighted by atomic mass is 16.5. The highest BCUT2D eigenvalue weighted by molar-refractivity contribution is 5.02. The summed E-state index contributed by atoms with van der Waals surface area (Å²) in [6.45, 7) is 3.80. The third-order valence-corrected chi connectivity index (χ3v) is 3.68. The molecule has 0 N–H and O–H groups in total. The Morgan fingerprint density at radius 1 is 1.19 bits per heavy atom. The summed E-state index contributed by atoms with van der Waals surface area (Å²) in [5.41, 5.74) is 1.43. The van der Waals surface area contributed by atoms with Crippen LogP contribution in [0.15, 0.2) is 11.8 Å². The van der Waals surface area contributed by atoms with Gasteiger partial charge >= 0.3 is 0 Å². The maximum Gasteiger partial charge on any atom is 0.116 e. The molecule has 1 aliphatic heterocycles. The second kappa shape index (κ2) is 5.72. The van der Waals surface area contributed by atoms with E-state index in [9.17, 15) is 0 Å². The molecular weight excluding hydrogens is 200 g/mol. The van der Waals surface area contributed by atoms with E-state index >= 15 is 0 Å². The molecule has 0 radical (unpaired) electrons. The zero-order chi connectivity index (χ0) is 11.3. The van der Waals surface area contributed by atoms with E-state index < -0.39 is 0 Å². The molecule has 2 nitrogen and oxygen atoms in total. The Hall–Kier alpha value is -0.500. The number of rotatable bonds is 3. The summed E-state index contributed by atoms with van der Waals surface area (Å²) in [6, 6.07) is 0. The fourth-order valence-electron chi connectivity index (χ4n) is 2.57. The lowest BCUT2D eigenvalue weighted by Crippen LogP contribution is -2.33. The predicted octanol–water partition coefficient (Wildman–Crippen LogP) is 3.81. The zero-order valence-electron chi connectivity index (χ0n) is 10.5. The van der Waals surface area contributed by atoms with Gasteiger partial charge < -0.3 is 9.47 Å². The molecule has 1 heterocycles. The standard InChI is InChI=1S/C14H24O2/c1-14(9-5-2-6-10-16-14)12-15-11-13-7-3-4-8-13/h11H,2-10,12H2,1H3. The van der Waals surface area contributed by atoms with Crippen molar-refractivity contribution < 1.29 is 9.47 Å². The molecule has 0 amide bonds. The third kappa shape index (κ3) is 3.51. The average molecular weight is 224 g/mol. The van der Waals surface area contributed by atoms with Gasteiger partial charge in [0.1, 0.15) is 6.61 Å². The largest absolute Gasteiger partial charge is 0.498 e. The first-order valence-corrected chi connectivity index (χ1v) is 6.72. The maximum atomic E-state index is 5.90. The van der Waals surface area contributed by atoms with Gasteiger partial charge in [-0.15, -0.1) is 0 Å². The molecule has 1 saturated carbocycles. The summed E-state index contributed by atoms with van der Waals surface area (Å²) >= 11 is 0. The van der Waals surface area contributed by atoms with Crippen molar-refractivity contribution in [3.05, 3.63) is 11.8 Å².